The van der Waals surface area contributed by atoms with Gasteiger partial charge in [0.05, 0.1) is 0 Å². The fourth-order valence-corrected chi connectivity index (χ4v) is 1.27. The molecule has 0 saturated carbocycles. The lowest BCUT2D eigenvalue weighted by Gasteiger charge is -2.13. The maximum absolute atomic E-state index is 10.8. The number of allylic oxidation sites excluding steroid dienone is 1. The second kappa shape index (κ2) is 5.62. The van der Waals surface area contributed by atoms with Crippen LogP contribution < -0.4 is 0 Å². The van der Waals surface area contributed by atoms with Crippen LogP contribution in [0.2, 0.25) is 0 Å². The van der Waals surface area contributed by atoms with Crippen molar-refractivity contribution in [3.8, 4) is 0 Å². The summed E-state index contributed by atoms with van der Waals surface area (Å²) in [6, 6.07) is 0. The van der Waals surface area contributed by atoms with Gasteiger partial charge in [-0.15, -0.1) is 0 Å². The van der Waals surface area contributed by atoms with Gasteiger partial charge in [-0.05, 0) is 23.9 Å². The van der Waals surface area contributed by atoms with Crippen LogP contribution in [0.1, 0.15) is 20.3 Å². The molecule has 0 aliphatic carbocycles. The zero-order chi connectivity index (χ0) is 8.85. The zero-order valence-electron chi connectivity index (χ0n) is 6.68. The van der Waals surface area contributed by atoms with Crippen LogP contribution in [0.5, 0.6) is 0 Å². The Balaban J connectivity index is 4.00. The van der Waals surface area contributed by atoms with Crippen molar-refractivity contribution in [3.05, 3.63) is 11.6 Å². The van der Waals surface area contributed by atoms with Crippen LogP contribution in [-0.2, 0) is 4.79 Å². The fraction of sp³-hybridized carbons (Fsp3) is 0.625. The molecule has 0 amide bonds. The van der Waals surface area contributed by atoms with Crippen LogP contribution in [0.25, 0.3) is 0 Å². The third-order valence-electron chi connectivity index (χ3n) is 1.58. The molecule has 0 N–H and O–H groups in total. The summed E-state index contributed by atoms with van der Waals surface area (Å²) in [4.78, 5) is 10.8. The van der Waals surface area contributed by atoms with Crippen LogP contribution in [-0.4, -0.2) is 5.24 Å². The molecule has 0 aromatic heterocycles. The van der Waals surface area contributed by atoms with E-state index < -0.39 is 0 Å². The summed E-state index contributed by atoms with van der Waals surface area (Å²) in [6.07, 6.45) is 2.37. The highest BCUT2D eigenvalue weighted by molar-refractivity contribution is 6.64. The second-order valence-corrected chi connectivity index (χ2v) is 3.38. The Labute approximate surface area is 77.4 Å². The first-order valence-corrected chi connectivity index (χ1v) is 4.35. The van der Waals surface area contributed by atoms with E-state index in [-0.39, 0.29) is 17.1 Å². The van der Waals surface area contributed by atoms with E-state index in [1.54, 1.807) is 6.08 Å². The van der Waals surface area contributed by atoms with E-state index in [2.05, 4.69) is 0 Å². The molecule has 0 heterocycles. The van der Waals surface area contributed by atoms with E-state index in [1.807, 2.05) is 13.8 Å². The van der Waals surface area contributed by atoms with Crippen LogP contribution >= 0.6 is 23.2 Å². The Morgan fingerprint density at radius 2 is 2.09 bits per heavy atom. The van der Waals surface area contributed by atoms with Gasteiger partial charge in [-0.2, -0.15) is 0 Å². The SMILES string of the molecule is CC(C)[C@H](C/C=C/Cl)C(=O)Cl. The van der Waals surface area contributed by atoms with Crippen molar-refractivity contribution in [2.45, 2.75) is 20.3 Å². The normalized spacial score (nSPS) is 14.3. The van der Waals surface area contributed by atoms with Gasteiger partial charge in [0.15, 0.2) is 0 Å². The molecule has 0 radical (unpaired) electrons. The van der Waals surface area contributed by atoms with Crippen LogP contribution in [0.3, 0.4) is 0 Å². The van der Waals surface area contributed by atoms with E-state index in [0.717, 1.165) is 0 Å². The fourth-order valence-electron chi connectivity index (χ4n) is 0.825. The van der Waals surface area contributed by atoms with Gasteiger partial charge < -0.3 is 0 Å². The quantitative estimate of drug-likeness (QED) is 0.629. The van der Waals surface area contributed by atoms with Gasteiger partial charge in [-0.1, -0.05) is 31.5 Å². The predicted octanol–water partition coefficient (Wildman–Crippen LogP) is 3.17. The summed E-state index contributed by atoms with van der Waals surface area (Å²) in [5.74, 6) is 0.166. The summed E-state index contributed by atoms with van der Waals surface area (Å²) in [7, 11) is 0. The average Bonchev–Trinajstić information content (AvgIpc) is 1.87. The van der Waals surface area contributed by atoms with Gasteiger partial charge in [0.1, 0.15) is 0 Å². The highest BCUT2D eigenvalue weighted by Crippen LogP contribution is 2.18. The number of hydrogen-bond donors (Lipinski definition) is 0. The first-order chi connectivity index (χ1) is 5.09. The smallest absolute Gasteiger partial charge is 0.225 e. The molecule has 0 saturated heterocycles. The molecule has 1 atom stereocenters. The molecule has 0 rings (SSSR count). The lowest BCUT2D eigenvalue weighted by Crippen LogP contribution is -2.14. The van der Waals surface area contributed by atoms with Crippen LogP contribution in [0, 0.1) is 11.8 Å². The van der Waals surface area contributed by atoms with Crippen molar-refractivity contribution in [3.63, 3.8) is 0 Å². The lowest BCUT2D eigenvalue weighted by atomic mass is 9.94. The number of carbonyl (C=O) groups is 1. The highest BCUT2D eigenvalue weighted by Gasteiger charge is 2.18. The number of rotatable bonds is 4. The molecule has 0 aromatic rings. The Hall–Kier alpha value is -0.0100. The highest BCUT2D eigenvalue weighted by atomic mass is 35.5. The molecule has 1 nitrogen and oxygen atoms in total. The Morgan fingerprint density at radius 1 is 1.55 bits per heavy atom. The van der Waals surface area contributed by atoms with Crippen LogP contribution in [0.4, 0.5) is 0 Å². The maximum atomic E-state index is 10.8. The molecule has 0 bridgehead atoms. The monoisotopic (exact) mass is 194 g/mol. The third-order valence-corrected chi connectivity index (χ3v) is 2.03. The minimum atomic E-state index is -0.283. The molecule has 0 aromatic carbocycles. The number of hydrogen-bond acceptors (Lipinski definition) is 1. The van der Waals surface area contributed by atoms with Gasteiger partial charge in [-0.3, -0.25) is 4.79 Å². The molecule has 64 valence electrons. The number of carbonyl (C=O) groups excluding carboxylic acids is 1. The van der Waals surface area contributed by atoms with Gasteiger partial charge in [0.25, 0.3) is 0 Å². The second-order valence-electron chi connectivity index (χ2n) is 2.75. The van der Waals surface area contributed by atoms with Gasteiger partial charge >= 0.3 is 0 Å². The first-order valence-electron chi connectivity index (χ1n) is 3.54. The van der Waals surface area contributed by atoms with E-state index in [4.69, 9.17) is 23.2 Å². The van der Waals surface area contributed by atoms with Gasteiger partial charge in [0, 0.05) is 11.5 Å². The summed E-state index contributed by atoms with van der Waals surface area (Å²) < 4.78 is 0. The maximum Gasteiger partial charge on any atom is 0.225 e. The van der Waals surface area contributed by atoms with Crippen molar-refractivity contribution >= 4 is 28.4 Å². The third kappa shape index (κ3) is 4.44. The average molecular weight is 195 g/mol. The molecule has 0 fully saturated rings. The Morgan fingerprint density at radius 3 is 2.36 bits per heavy atom. The molecule has 3 heteroatoms. The van der Waals surface area contributed by atoms with Crippen molar-refractivity contribution in [2.24, 2.45) is 11.8 Å². The van der Waals surface area contributed by atoms with E-state index in [1.165, 1.54) is 5.54 Å². The Kier molecular flexibility index (Phi) is 5.61. The predicted molar refractivity (Wildman–Crippen MR) is 48.8 cm³/mol. The van der Waals surface area contributed by atoms with E-state index in [9.17, 15) is 4.79 Å². The van der Waals surface area contributed by atoms with Crippen molar-refractivity contribution in [2.75, 3.05) is 0 Å². The Bertz CT molecular complexity index is 152. The van der Waals surface area contributed by atoms with Crippen molar-refractivity contribution in [1.29, 1.82) is 0 Å². The largest absolute Gasteiger partial charge is 0.281 e. The summed E-state index contributed by atoms with van der Waals surface area (Å²) in [5.41, 5.74) is 1.41. The van der Waals surface area contributed by atoms with E-state index >= 15 is 0 Å². The molecule has 0 unspecified atom stereocenters. The molecular formula is C8H12Cl2O. The molecular weight excluding hydrogens is 183 g/mol. The van der Waals surface area contributed by atoms with Gasteiger partial charge in [0.2, 0.25) is 5.24 Å². The zero-order valence-corrected chi connectivity index (χ0v) is 8.19. The number of halogens is 2. The van der Waals surface area contributed by atoms with Gasteiger partial charge in [-0.25, -0.2) is 0 Å². The summed E-state index contributed by atoms with van der Waals surface area (Å²) in [5, 5.41) is -0.283. The first kappa shape index (κ1) is 11.0. The minimum Gasteiger partial charge on any atom is -0.281 e. The topological polar surface area (TPSA) is 17.1 Å². The molecule has 0 aliphatic heterocycles. The molecule has 0 spiro atoms. The molecule has 0 aliphatic rings. The summed E-state index contributed by atoms with van der Waals surface area (Å²) in [6.45, 7) is 3.93. The minimum absolute atomic E-state index is 0.105. The summed E-state index contributed by atoms with van der Waals surface area (Å²) >= 11 is 10.7. The van der Waals surface area contributed by atoms with E-state index in [0.29, 0.717) is 6.42 Å². The standard InChI is InChI=1S/C8H12Cl2O/c1-6(2)7(8(10)11)4-3-5-9/h3,5-7H,4H2,1-2H3/b5-3+/t7-/m0/s1. The molecule has 11 heavy (non-hydrogen) atoms. The van der Waals surface area contributed by atoms with Crippen molar-refractivity contribution in [1.82, 2.24) is 0 Å². The van der Waals surface area contributed by atoms with Crippen molar-refractivity contribution < 1.29 is 4.79 Å². The lowest BCUT2D eigenvalue weighted by molar-refractivity contribution is -0.116. The van der Waals surface area contributed by atoms with Crippen LogP contribution in [0.15, 0.2) is 11.6 Å².